The lowest BCUT2D eigenvalue weighted by Crippen LogP contribution is -2.02. The van der Waals surface area contributed by atoms with Crippen molar-refractivity contribution in [3.05, 3.63) is 54.4 Å². The van der Waals surface area contributed by atoms with Crippen LogP contribution in [0.2, 0.25) is 0 Å². The van der Waals surface area contributed by atoms with E-state index in [2.05, 4.69) is 11.9 Å². The van der Waals surface area contributed by atoms with Crippen LogP contribution in [-0.2, 0) is 6.42 Å². The molecule has 0 aliphatic rings. The summed E-state index contributed by atoms with van der Waals surface area (Å²) in [4.78, 5) is 4.00. The van der Waals surface area contributed by atoms with Crippen LogP contribution in [0.4, 0.5) is 0 Å². The quantitative estimate of drug-likeness (QED) is 0.683. The van der Waals surface area contributed by atoms with E-state index in [1.807, 2.05) is 36.4 Å². The highest BCUT2D eigenvalue weighted by molar-refractivity contribution is 5.33. The molecule has 1 heterocycles. The molecule has 0 amide bonds. The second kappa shape index (κ2) is 8.20. The Bertz CT molecular complexity index is 499. The van der Waals surface area contributed by atoms with Gasteiger partial charge in [0.25, 0.3) is 0 Å². The molecule has 2 aromatic rings. The third-order valence-corrected chi connectivity index (χ3v) is 2.98. The van der Waals surface area contributed by atoms with Crippen molar-refractivity contribution < 1.29 is 9.47 Å². The van der Waals surface area contributed by atoms with Crippen LogP contribution >= 0.6 is 0 Å². The minimum atomic E-state index is 0.655. The van der Waals surface area contributed by atoms with Crippen LogP contribution in [0.3, 0.4) is 0 Å². The molecule has 3 nitrogen and oxygen atoms in total. The molecule has 0 N–H and O–H groups in total. The maximum atomic E-state index is 5.76. The Kier molecular flexibility index (Phi) is 5.90. The van der Waals surface area contributed by atoms with Gasteiger partial charge in [0.05, 0.1) is 13.2 Å². The van der Waals surface area contributed by atoms with E-state index in [1.54, 1.807) is 12.4 Å². The lowest BCUT2D eigenvalue weighted by Gasteiger charge is -2.09. The van der Waals surface area contributed by atoms with Gasteiger partial charge in [0.2, 0.25) is 0 Å². The molecule has 0 unspecified atom stereocenters. The van der Waals surface area contributed by atoms with Gasteiger partial charge in [-0.1, -0.05) is 19.4 Å². The number of unbranched alkanes of at least 4 members (excludes halogenated alkanes) is 1. The van der Waals surface area contributed by atoms with Crippen molar-refractivity contribution in [3.63, 3.8) is 0 Å². The van der Waals surface area contributed by atoms with Crippen molar-refractivity contribution >= 4 is 0 Å². The predicted molar refractivity (Wildman–Crippen MR) is 80.3 cm³/mol. The molecule has 0 atom stereocenters. The molecular formula is C17H21NO2. The fourth-order valence-corrected chi connectivity index (χ4v) is 1.82. The van der Waals surface area contributed by atoms with Gasteiger partial charge in [-0.25, -0.2) is 0 Å². The van der Waals surface area contributed by atoms with Crippen LogP contribution in [0.1, 0.15) is 25.3 Å². The lowest BCUT2D eigenvalue weighted by atomic mass is 10.2. The summed E-state index contributed by atoms with van der Waals surface area (Å²) in [5.74, 6) is 1.73. The lowest BCUT2D eigenvalue weighted by molar-refractivity contribution is 0.299. The van der Waals surface area contributed by atoms with Crippen molar-refractivity contribution in [1.29, 1.82) is 0 Å². The second-order valence-electron chi connectivity index (χ2n) is 4.63. The molecular weight excluding hydrogens is 250 g/mol. The highest BCUT2D eigenvalue weighted by atomic mass is 16.5. The molecule has 20 heavy (non-hydrogen) atoms. The van der Waals surface area contributed by atoms with Crippen molar-refractivity contribution in [2.45, 2.75) is 26.2 Å². The largest absolute Gasteiger partial charge is 0.493 e. The first-order valence-corrected chi connectivity index (χ1v) is 7.13. The topological polar surface area (TPSA) is 31.4 Å². The fraction of sp³-hybridized carbons (Fsp3) is 0.353. The Labute approximate surface area is 120 Å². The molecule has 3 heteroatoms. The van der Waals surface area contributed by atoms with E-state index >= 15 is 0 Å². The molecule has 2 rings (SSSR count). The van der Waals surface area contributed by atoms with Crippen LogP contribution in [0.25, 0.3) is 0 Å². The van der Waals surface area contributed by atoms with Crippen molar-refractivity contribution in [2.75, 3.05) is 13.2 Å². The summed E-state index contributed by atoms with van der Waals surface area (Å²) in [6.07, 6.45) is 6.70. The van der Waals surface area contributed by atoms with Gasteiger partial charge in [-0.2, -0.15) is 0 Å². The van der Waals surface area contributed by atoms with E-state index in [9.17, 15) is 0 Å². The van der Waals surface area contributed by atoms with E-state index < -0.39 is 0 Å². The van der Waals surface area contributed by atoms with Crippen LogP contribution in [0, 0.1) is 0 Å². The first kappa shape index (κ1) is 14.4. The Morgan fingerprint density at radius 3 is 2.35 bits per heavy atom. The van der Waals surface area contributed by atoms with E-state index in [4.69, 9.17) is 9.47 Å². The van der Waals surface area contributed by atoms with Gasteiger partial charge in [0.1, 0.15) is 11.5 Å². The predicted octanol–water partition coefficient (Wildman–Crippen LogP) is 3.88. The maximum absolute atomic E-state index is 5.76. The van der Waals surface area contributed by atoms with Crippen LogP contribution in [0.15, 0.2) is 48.8 Å². The highest BCUT2D eigenvalue weighted by Crippen LogP contribution is 2.19. The molecule has 0 saturated heterocycles. The first-order valence-electron chi connectivity index (χ1n) is 7.13. The number of aromatic nitrogens is 1. The Morgan fingerprint density at radius 2 is 1.65 bits per heavy atom. The zero-order chi connectivity index (χ0) is 14.0. The smallest absolute Gasteiger partial charge is 0.122 e. The Morgan fingerprint density at radius 1 is 0.950 bits per heavy atom. The molecule has 106 valence electrons. The number of hydrogen-bond donors (Lipinski definition) is 0. The van der Waals surface area contributed by atoms with Gasteiger partial charge in [-0.05, 0) is 36.2 Å². The number of hydrogen-bond acceptors (Lipinski definition) is 3. The normalized spacial score (nSPS) is 10.2. The maximum Gasteiger partial charge on any atom is 0.122 e. The summed E-state index contributed by atoms with van der Waals surface area (Å²) < 4.78 is 11.4. The average Bonchev–Trinajstić information content (AvgIpc) is 2.49. The minimum Gasteiger partial charge on any atom is -0.493 e. The summed E-state index contributed by atoms with van der Waals surface area (Å²) in [6.45, 7) is 3.57. The minimum absolute atomic E-state index is 0.655. The number of pyridine rings is 1. The zero-order valence-electron chi connectivity index (χ0n) is 11.9. The van der Waals surface area contributed by atoms with E-state index in [-0.39, 0.29) is 0 Å². The zero-order valence-corrected chi connectivity index (χ0v) is 11.9. The van der Waals surface area contributed by atoms with Gasteiger partial charge in [0.15, 0.2) is 0 Å². The fourth-order valence-electron chi connectivity index (χ4n) is 1.82. The van der Waals surface area contributed by atoms with Crippen molar-refractivity contribution in [3.8, 4) is 11.5 Å². The van der Waals surface area contributed by atoms with Crippen LogP contribution in [-0.4, -0.2) is 18.2 Å². The molecule has 0 radical (unpaired) electrons. The SMILES string of the molecule is CCCCOc1cccc(OCCc2ccncc2)c1. The molecule has 0 aliphatic carbocycles. The summed E-state index contributed by atoms with van der Waals surface area (Å²) in [7, 11) is 0. The average molecular weight is 271 g/mol. The van der Waals surface area contributed by atoms with E-state index in [1.165, 1.54) is 5.56 Å². The number of rotatable bonds is 8. The third kappa shape index (κ3) is 4.92. The standard InChI is InChI=1S/C17H21NO2/c1-2-3-12-19-16-5-4-6-17(14-16)20-13-9-15-7-10-18-11-8-15/h4-8,10-11,14H,2-3,9,12-13H2,1H3. The highest BCUT2D eigenvalue weighted by Gasteiger charge is 1.99. The van der Waals surface area contributed by atoms with Gasteiger partial charge in [-0.15, -0.1) is 0 Å². The monoisotopic (exact) mass is 271 g/mol. The van der Waals surface area contributed by atoms with Crippen molar-refractivity contribution in [2.24, 2.45) is 0 Å². The van der Waals surface area contributed by atoms with Gasteiger partial charge in [0, 0.05) is 24.9 Å². The molecule has 0 fully saturated rings. The summed E-state index contributed by atoms with van der Waals surface area (Å²) >= 11 is 0. The van der Waals surface area contributed by atoms with Crippen LogP contribution < -0.4 is 9.47 Å². The van der Waals surface area contributed by atoms with Gasteiger partial charge >= 0.3 is 0 Å². The first-order chi connectivity index (χ1) is 9.88. The molecule has 1 aromatic carbocycles. The Balaban J connectivity index is 1.79. The second-order valence-corrected chi connectivity index (χ2v) is 4.63. The molecule has 0 aliphatic heterocycles. The molecule has 0 spiro atoms. The van der Waals surface area contributed by atoms with Gasteiger partial charge < -0.3 is 9.47 Å². The van der Waals surface area contributed by atoms with Crippen molar-refractivity contribution in [1.82, 2.24) is 4.98 Å². The van der Waals surface area contributed by atoms with E-state index in [0.29, 0.717) is 6.61 Å². The summed E-state index contributed by atoms with van der Waals surface area (Å²) in [6, 6.07) is 11.8. The molecule has 1 aromatic heterocycles. The number of ether oxygens (including phenoxy) is 2. The van der Waals surface area contributed by atoms with Crippen LogP contribution in [0.5, 0.6) is 11.5 Å². The number of benzene rings is 1. The summed E-state index contributed by atoms with van der Waals surface area (Å²) in [5.41, 5.74) is 1.23. The number of nitrogens with zero attached hydrogens (tertiary/aromatic N) is 1. The van der Waals surface area contributed by atoms with Gasteiger partial charge in [-0.3, -0.25) is 4.98 Å². The third-order valence-electron chi connectivity index (χ3n) is 2.98. The molecule has 0 bridgehead atoms. The summed E-state index contributed by atoms with van der Waals surface area (Å²) in [5, 5.41) is 0. The van der Waals surface area contributed by atoms with E-state index in [0.717, 1.165) is 37.4 Å². The Hall–Kier alpha value is -2.03. The molecule has 0 saturated carbocycles.